The van der Waals surface area contributed by atoms with Crippen LogP contribution in [0.1, 0.15) is 6.92 Å². The van der Waals surface area contributed by atoms with Gasteiger partial charge in [-0.15, -0.1) is 11.8 Å². The van der Waals surface area contributed by atoms with Crippen molar-refractivity contribution in [2.24, 2.45) is 0 Å². The molecule has 0 atom stereocenters. The molecule has 2 rings (SSSR count). The summed E-state index contributed by atoms with van der Waals surface area (Å²) in [5, 5.41) is 1.23. The van der Waals surface area contributed by atoms with Crippen molar-refractivity contribution in [1.82, 2.24) is 4.98 Å². The van der Waals surface area contributed by atoms with Crippen LogP contribution in [0, 0.1) is 0 Å². The summed E-state index contributed by atoms with van der Waals surface area (Å²) in [5.41, 5.74) is 1.06. The van der Waals surface area contributed by atoms with Crippen molar-refractivity contribution in [3.63, 3.8) is 0 Å². The molecule has 0 aliphatic carbocycles. The van der Waals surface area contributed by atoms with Gasteiger partial charge in [0.25, 0.3) is 0 Å². The summed E-state index contributed by atoms with van der Waals surface area (Å²) in [6.45, 7) is 2.16. The number of pyridine rings is 1. The van der Waals surface area contributed by atoms with E-state index in [2.05, 4.69) is 40.0 Å². The lowest BCUT2D eigenvalue weighted by Gasteiger charge is -2.04. The quantitative estimate of drug-likeness (QED) is 0.760. The van der Waals surface area contributed by atoms with E-state index < -0.39 is 0 Å². The molecule has 0 unspecified atom stereocenters. The first-order valence-corrected chi connectivity index (χ1v) is 6.26. The third-order valence-corrected chi connectivity index (χ3v) is 3.41. The highest BCUT2D eigenvalue weighted by molar-refractivity contribution is 9.10. The highest BCUT2D eigenvalue weighted by Crippen LogP contribution is 2.28. The minimum Gasteiger partial charge on any atom is -0.256 e. The fourth-order valence-corrected chi connectivity index (χ4v) is 2.52. The summed E-state index contributed by atoms with van der Waals surface area (Å²) in [4.78, 5) is 5.64. The van der Waals surface area contributed by atoms with Crippen molar-refractivity contribution in [3.8, 4) is 0 Å². The zero-order valence-electron chi connectivity index (χ0n) is 7.83. The second-order valence-electron chi connectivity index (χ2n) is 2.90. The second-order valence-corrected chi connectivity index (χ2v) is 5.13. The van der Waals surface area contributed by atoms with Gasteiger partial charge in [-0.05, 0) is 30.0 Å². The number of nitrogens with zero attached hydrogens (tertiary/aromatic N) is 1. The average molecular weight is 268 g/mol. The predicted octanol–water partition coefficient (Wildman–Crippen LogP) is 4.11. The van der Waals surface area contributed by atoms with Gasteiger partial charge in [-0.25, -0.2) is 0 Å². The second kappa shape index (κ2) is 4.32. The van der Waals surface area contributed by atoms with E-state index >= 15 is 0 Å². The van der Waals surface area contributed by atoms with Gasteiger partial charge in [0.05, 0.1) is 5.52 Å². The molecule has 0 aliphatic heterocycles. The molecule has 14 heavy (non-hydrogen) atoms. The van der Waals surface area contributed by atoms with E-state index in [0.29, 0.717) is 0 Å². The number of benzene rings is 1. The lowest BCUT2D eigenvalue weighted by molar-refractivity contribution is 1.34. The Morgan fingerprint density at radius 1 is 1.36 bits per heavy atom. The molecule has 0 fully saturated rings. The van der Waals surface area contributed by atoms with E-state index in [-0.39, 0.29) is 0 Å². The fourth-order valence-electron chi connectivity index (χ4n) is 1.37. The van der Waals surface area contributed by atoms with Gasteiger partial charge >= 0.3 is 0 Å². The van der Waals surface area contributed by atoms with Crippen LogP contribution in [0.5, 0.6) is 0 Å². The molecule has 72 valence electrons. The van der Waals surface area contributed by atoms with Gasteiger partial charge in [-0.3, -0.25) is 4.98 Å². The maximum atomic E-state index is 4.33. The Morgan fingerprint density at radius 2 is 2.21 bits per heavy atom. The largest absolute Gasteiger partial charge is 0.256 e. The molecule has 0 radical (unpaired) electrons. The van der Waals surface area contributed by atoms with Crippen LogP contribution in [-0.2, 0) is 0 Å². The first kappa shape index (κ1) is 9.99. The van der Waals surface area contributed by atoms with E-state index in [4.69, 9.17) is 0 Å². The zero-order chi connectivity index (χ0) is 9.97. The molecule has 2 aromatic rings. The number of hydrogen-bond acceptors (Lipinski definition) is 2. The first-order valence-electron chi connectivity index (χ1n) is 4.48. The molecule has 1 aromatic heterocycles. The van der Waals surface area contributed by atoms with Crippen LogP contribution in [-0.4, -0.2) is 10.7 Å². The molecular formula is C11H10BrNS. The molecular weight excluding hydrogens is 258 g/mol. The maximum Gasteiger partial charge on any atom is 0.0714 e. The Kier molecular flexibility index (Phi) is 3.08. The monoisotopic (exact) mass is 267 g/mol. The van der Waals surface area contributed by atoms with Crippen LogP contribution >= 0.6 is 27.7 Å². The molecule has 3 heteroatoms. The number of fused-ring (bicyclic) bond motifs is 1. The minimum absolute atomic E-state index is 1.06. The Bertz CT molecular complexity index is 456. The lowest BCUT2D eigenvalue weighted by Crippen LogP contribution is -1.82. The van der Waals surface area contributed by atoms with Gasteiger partial charge in [0.1, 0.15) is 0 Å². The van der Waals surface area contributed by atoms with Crippen molar-refractivity contribution in [1.29, 1.82) is 0 Å². The van der Waals surface area contributed by atoms with E-state index in [1.807, 2.05) is 30.1 Å². The van der Waals surface area contributed by atoms with Crippen molar-refractivity contribution < 1.29 is 0 Å². The molecule has 0 bridgehead atoms. The lowest BCUT2D eigenvalue weighted by atomic mass is 10.2. The van der Waals surface area contributed by atoms with E-state index in [0.717, 1.165) is 15.7 Å². The summed E-state index contributed by atoms with van der Waals surface area (Å²) in [6.07, 6.45) is 1.87. The van der Waals surface area contributed by atoms with Crippen molar-refractivity contribution >= 4 is 38.6 Å². The SMILES string of the molecule is CCSc1ccnc2ccc(Br)cc12. The summed E-state index contributed by atoms with van der Waals surface area (Å²) < 4.78 is 1.11. The molecule has 1 heterocycles. The molecule has 0 aliphatic rings. The average Bonchev–Trinajstić information content (AvgIpc) is 2.19. The predicted molar refractivity (Wildman–Crippen MR) is 65.8 cm³/mol. The first-order chi connectivity index (χ1) is 6.81. The van der Waals surface area contributed by atoms with Gasteiger partial charge in [-0.2, -0.15) is 0 Å². The number of aromatic nitrogens is 1. The molecule has 0 amide bonds. The van der Waals surface area contributed by atoms with Gasteiger partial charge < -0.3 is 0 Å². The number of halogens is 1. The van der Waals surface area contributed by atoms with Gasteiger partial charge in [0.2, 0.25) is 0 Å². The van der Waals surface area contributed by atoms with E-state index in [1.165, 1.54) is 10.3 Å². The Labute approximate surface area is 96.1 Å². The van der Waals surface area contributed by atoms with Gasteiger partial charge in [0, 0.05) is 21.0 Å². The van der Waals surface area contributed by atoms with Crippen molar-refractivity contribution in [3.05, 3.63) is 34.9 Å². The zero-order valence-corrected chi connectivity index (χ0v) is 10.2. The fraction of sp³-hybridized carbons (Fsp3) is 0.182. The highest BCUT2D eigenvalue weighted by Gasteiger charge is 2.01. The molecule has 0 saturated heterocycles. The topological polar surface area (TPSA) is 12.9 Å². The van der Waals surface area contributed by atoms with Crippen LogP contribution < -0.4 is 0 Å². The summed E-state index contributed by atoms with van der Waals surface area (Å²) in [5.74, 6) is 1.09. The third kappa shape index (κ3) is 1.93. The molecule has 0 spiro atoms. The van der Waals surface area contributed by atoms with Crippen LogP contribution in [0.15, 0.2) is 39.8 Å². The Hall–Kier alpha value is -0.540. The summed E-state index contributed by atoms with van der Waals surface area (Å²) >= 11 is 5.33. The smallest absolute Gasteiger partial charge is 0.0714 e. The molecule has 1 aromatic carbocycles. The number of thioether (sulfide) groups is 1. The van der Waals surface area contributed by atoms with Crippen molar-refractivity contribution in [2.75, 3.05) is 5.75 Å². The Balaban J connectivity index is 2.64. The number of hydrogen-bond donors (Lipinski definition) is 0. The van der Waals surface area contributed by atoms with Gasteiger partial charge in [0.15, 0.2) is 0 Å². The summed E-state index contributed by atoms with van der Waals surface area (Å²) in [7, 11) is 0. The van der Waals surface area contributed by atoms with Crippen LogP contribution in [0.2, 0.25) is 0 Å². The molecule has 0 saturated carbocycles. The molecule has 1 nitrogen and oxygen atoms in total. The van der Waals surface area contributed by atoms with E-state index in [1.54, 1.807) is 0 Å². The maximum absolute atomic E-state index is 4.33. The number of rotatable bonds is 2. The van der Waals surface area contributed by atoms with E-state index in [9.17, 15) is 0 Å². The van der Waals surface area contributed by atoms with Crippen LogP contribution in [0.3, 0.4) is 0 Å². The summed E-state index contributed by atoms with van der Waals surface area (Å²) in [6, 6.07) is 8.26. The van der Waals surface area contributed by atoms with Crippen molar-refractivity contribution in [2.45, 2.75) is 11.8 Å². The van der Waals surface area contributed by atoms with Crippen LogP contribution in [0.4, 0.5) is 0 Å². The molecule has 0 N–H and O–H groups in total. The van der Waals surface area contributed by atoms with Gasteiger partial charge in [-0.1, -0.05) is 22.9 Å². The Morgan fingerprint density at radius 3 is 3.00 bits per heavy atom. The minimum atomic E-state index is 1.06. The standard InChI is InChI=1S/C11H10BrNS/c1-2-14-11-5-6-13-10-4-3-8(12)7-9(10)11/h3-7H,2H2,1H3. The van der Waals surface area contributed by atoms with Crippen LogP contribution in [0.25, 0.3) is 10.9 Å². The third-order valence-electron chi connectivity index (χ3n) is 1.96. The normalized spacial score (nSPS) is 10.7. The highest BCUT2D eigenvalue weighted by atomic mass is 79.9.